The van der Waals surface area contributed by atoms with Crippen LogP contribution in [-0.2, 0) is 14.3 Å². The second-order valence-electron chi connectivity index (χ2n) is 11.3. The number of ketones is 1. The zero-order valence-electron chi connectivity index (χ0n) is 20.9. The third-order valence-corrected chi connectivity index (χ3v) is 8.58. The number of esters is 1. The van der Waals surface area contributed by atoms with Crippen LogP contribution >= 0.6 is 0 Å². The second-order valence-corrected chi connectivity index (χ2v) is 11.3. The molecule has 3 aliphatic rings. The topological polar surface area (TPSA) is 96.7 Å². The van der Waals surface area contributed by atoms with Crippen molar-refractivity contribution in [1.29, 1.82) is 0 Å². The zero-order chi connectivity index (χ0) is 24.6. The molecule has 6 nitrogen and oxygen atoms in total. The number of aromatic nitrogens is 1. The van der Waals surface area contributed by atoms with E-state index in [0.717, 1.165) is 48.9 Å². The molecule has 1 saturated heterocycles. The lowest BCUT2D eigenvalue weighted by molar-refractivity contribution is -0.161. The first-order valence-electron chi connectivity index (χ1n) is 12.8. The lowest BCUT2D eigenvalue weighted by Crippen LogP contribution is -2.54. The van der Waals surface area contributed by atoms with Crippen LogP contribution in [0.5, 0.6) is 0 Å². The molecule has 2 saturated carbocycles. The van der Waals surface area contributed by atoms with Gasteiger partial charge in [0.05, 0.1) is 29.7 Å². The average molecular weight is 470 g/mol. The largest absolute Gasteiger partial charge is 0.458 e. The van der Waals surface area contributed by atoms with Gasteiger partial charge in [-0.2, -0.15) is 0 Å². The molecule has 0 spiro atoms. The number of ether oxygens (including phenoxy) is 1. The molecule has 0 radical (unpaired) electrons. The van der Waals surface area contributed by atoms with Gasteiger partial charge in [-0.15, -0.1) is 0 Å². The summed E-state index contributed by atoms with van der Waals surface area (Å²) < 4.78 is 5.93. The Morgan fingerprint density at radius 2 is 1.88 bits per heavy atom. The van der Waals surface area contributed by atoms with Crippen molar-refractivity contribution in [2.45, 2.75) is 91.0 Å². The third kappa shape index (κ3) is 5.28. The number of aliphatic hydroxyl groups excluding tert-OH is 2. The quantitative estimate of drug-likeness (QED) is 0.629. The normalized spacial score (nSPS) is 39.6. The van der Waals surface area contributed by atoms with Crippen molar-refractivity contribution in [3.63, 3.8) is 0 Å². The van der Waals surface area contributed by atoms with Crippen LogP contribution in [0.25, 0.3) is 6.08 Å². The van der Waals surface area contributed by atoms with Crippen molar-refractivity contribution in [3.05, 3.63) is 35.2 Å². The Bertz CT molecular complexity index is 941. The number of hydrogen-bond donors (Lipinski definition) is 2. The maximum Gasteiger partial charge on any atom is 0.309 e. The number of carbonyl (C=O) groups is 2. The molecule has 8 atom stereocenters. The third-order valence-electron chi connectivity index (χ3n) is 8.58. The van der Waals surface area contributed by atoms with Crippen molar-refractivity contribution in [1.82, 2.24) is 4.98 Å². The van der Waals surface area contributed by atoms with Gasteiger partial charge in [-0.3, -0.25) is 14.6 Å². The Labute approximate surface area is 202 Å². The minimum atomic E-state index is -1.13. The van der Waals surface area contributed by atoms with E-state index in [1.807, 2.05) is 38.3 Å². The van der Waals surface area contributed by atoms with Crippen LogP contribution in [0.15, 0.2) is 23.9 Å². The highest BCUT2D eigenvalue weighted by atomic mass is 16.5. The minimum absolute atomic E-state index is 0.0385. The molecule has 1 aromatic heterocycles. The van der Waals surface area contributed by atoms with E-state index in [1.54, 1.807) is 13.8 Å². The van der Waals surface area contributed by atoms with Crippen molar-refractivity contribution < 1.29 is 24.5 Å². The second kappa shape index (κ2) is 9.90. The van der Waals surface area contributed by atoms with Crippen molar-refractivity contribution >= 4 is 17.8 Å². The predicted octanol–water partition coefficient (Wildman–Crippen LogP) is 4.26. The van der Waals surface area contributed by atoms with Crippen molar-refractivity contribution in [2.24, 2.45) is 29.1 Å². The Kier molecular flexibility index (Phi) is 7.30. The first-order valence-corrected chi connectivity index (χ1v) is 12.8. The van der Waals surface area contributed by atoms with Gasteiger partial charge in [-0.25, -0.2) is 0 Å². The SMILES string of the molecule is C/C(=C\c1ccc(C)cn1)C1C[C@@H]2C[C@@H]2CCC[C@@H]2C[C@@](C)(C(=O)[C@H](C)[C@H]2O)[C@@H](O)CC(=O)O1. The maximum absolute atomic E-state index is 13.1. The van der Waals surface area contributed by atoms with Gasteiger partial charge in [-0.05, 0) is 80.6 Å². The molecule has 6 heteroatoms. The molecule has 2 heterocycles. The number of aryl methyl sites for hydroxylation is 1. The number of fused-ring (bicyclic) bond motifs is 3. The number of hydrogen-bond acceptors (Lipinski definition) is 6. The molecule has 3 fully saturated rings. The highest BCUT2D eigenvalue weighted by Gasteiger charge is 2.52. The summed E-state index contributed by atoms with van der Waals surface area (Å²) in [7, 11) is 0. The smallest absolute Gasteiger partial charge is 0.309 e. The first-order chi connectivity index (χ1) is 16.1. The predicted molar refractivity (Wildman–Crippen MR) is 130 cm³/mol. The van der Waals surface area contributed by atoms with Crippen LogP contribution < -0.4 is 0 Å². The van der Waals surface area contributed by atoms with Crippen LogP contribution in [0.2, 0.25) is 0 Å². The molecule has 2 bridgehead atoms. The summed E-state index contributed by atoms with van der Waals surface area (Å²) in [4.78, 5) is 30.5. The van der Waals surface area contributed by atoms with Crippen molar-refractivity contribution in [3.8, 4) is 0 Å². The molecule has 2 N–H and O–H groups in total. The van der Waals surface area contributed by atoms with Gasteiger partial charge in [0.15, 0.2) is 0 Å². The summed E-state index contributed by atoms with van der Waals surface area (Å²) in [5, 5.41) is 21.8. The van der Waals surface area contributed by atoms with Gasteiger partial charge in [0.25, 0.3) is 0 Å². The average Bonchev–Trinajstić information content (AvgIpc) is 3.53. The molecule has 34 heavy (non-hydrogen) atoms. The summed E-state index contributed by atoms with van der Waals surface area (Å²) in [5.74, 6) is -0.0997. The highest BCUT2D eigenvalue weighted by Crippen LogP contribution is 2.49. The Balaban J connectivity index is 1.56. The van der Waals surface area contributed by atoms with Gasteiger partial charge in [-0.1, -0.05) is 32.8 Å². The zero-order valence-corrected chi connectivity index (χ0v) is 20.9. The number of pyridine rings is 1. The van der Waals surface area contributed by atoms with Crippen LogP contribution in [0, 0.1) is 36.0 Å². The van der Waals surface area contributed by atoms with Gasteiger partial charge in [0, 0.05) is 12.1 Å². The van der Waals surface area contributed by atoms with E-state index in [0.29, 0.717) is 18.3 Å². The van der Waals surface area contributed by atoms with E-state index < -0.39 is 29.5 Å². The molecule has 1 aromatic rings. The summed E-state index contributed by atoms with van der Waals surface area (Å²) in [6.45, 7) is 7.45. The fourth-order valence-electron chi connectivity index (χ4n) is 6.10. The summed E-state index contributed by atoms with van der Waals surface area (Å²) in [6, 6.07) is 3.96. The molecule has 1 aliphatic heterocycles. The monoisotopic (exact) mass is 469 g/mol. The van der Waals surface area contributed by atoms with Gasteiger partial charge in [0.1, 0.15) is 11.9 Å². The molecule has 4 rings (SSSR count). The van der Waals surface area contributed by atoms with E-state index in [-0.39, 0.29) is 24.2 Å². The number of cyclic esters (lactones) is 1. The Hall–Kier alpha value is -2.05. The Morgan fingerprint density at radius 3 is 2.59 bits per heavy atom. The molecule has 2 aliphatic carbocycles. The molecular formula is C28H39NO5. The van der Waals surface area contributed by atoms with E-state index >= 15 is 0 Å². The highest BCUT2D eigenvalue weighted by molar-refractivity contribution is 5.89. The van der Waals surface area contributed by atoms with Crippen LogP contribution in [0.1, 0.15) is 77.0 Å². The molecule has 186 valence electrons. The van der Waals surface area contributed by atoms with Crippen LogP contribution in [0.4, 0.5) is 0 Å². The van der Waals surface area contributed by atoms with Crippen molar-refractivity contribution in [2.75, 3.05) is 0 Å². The van der Waals surface area contributed by atoms with E-state index in [9.17, 15) is 19.8 Å². The first kappa shape index (κ1) is 25.1. The standard InChI is InChI=1S/C28H39NO5/c1-16-8-9-22(29-15-16)10-17(2)23-12-21-11-19(21)6-5-7-20-14-28(4,24(30)13-25(31)34-23)27(33)18(3)26(20)32/h8-10,15,18-21,23-24,26,30,32H,5-7,11-14H2,1-4H3/b17-10+/t18-,19+,20-,21+,23?,24+,26-,28-/m1/s1. The molecule has 1 unspecified atom stereocenters. The molecule has 0 aromatic carbocycles. The van der Waals surface area contributed by atoms with Gasteiger partial charge in [0.2, 0.25) is 0 Å². The van der Waals surface area contributed by atoms with Crippen LogP contribution in [0.3, 0.4) is 0 Å². The molecular weight excluding hydrogens is 430 g/mol. The number of carbonyl (C=O) groups excluding carboxylic acids is 2. The van der Waals surface area contributed by atoms with E-state index in [4.69, 9.17) is 4.74 Å². The summed E-state index contributed by atoms with van der Waals surface area (Å²) in [5.41, 5.74) is 1.79. The lowest BCUT2D eigenvalue weighted by atomic mass is 9.60. The fourth-order valence-corrected chi connectivity index (χ4v) is 6.10. The lowest BCUT2D eigenvalue weighted by Gasteiger charge is -2.45. The van der Waals surface area contributed by atoms with Crippen LogP contribution in [-0.4, -0.2) is 45.3 Å². The Morgan fingerprint density at radius 1 is 1.15 bits per heavy atom. The summed E-state index contributed by atoms with van der Waals surface area (Å²) in [6.07, 6.45) is 6.60. The van der Waals surface area contributed by atoms with E-state index in [1.165, 1.54) is 0 Å². The van der Waals surface area contributed by atoms with Gasteiger partial charge < -0.3 is 14.9 Å². The number of rotatable bonds is 2. The summed E-state index contributed by atoms with van der Waals surface area (Å²) >= 11 is 0. The molecule has 0 amide bonds. The maximum atomic E-state index is 13.1. The van der Waals surface area contributed by atoms with E-state index in [2.05, 4.69) is 4.98 Å². The number of aliphatic hydroxyl groups is 2. The number of nitrogens with zero attached hydrogens (tertiary/aromatic N) is 1. The fraction of sp³-hybridized carbons (Fsp3) is 0.679. The van der Waals surface area contributed by atoms with Gasteiger partial charge >= 0.3 is 5.97 Å². The number of Topliss-reactive ketones (excluding diaryl/α,β-unsaturated/α-hetero) is 1. The minimum Gasteiger partial charge on any atom is -0.458 e.